The van der Waals surface area contributed by atoms with Crippen molar-refractivity contribution in [2.45, 2.75) is 18.9 Å². The number of halogens is 1. The van der Waals surface area contributed by atoms with Crippen molar-refractivity contribution in [2.75, 3.05) is 6.54 Å². The summed E-state index contributed by atoms with van der Waals surface area (Å²) in [5, 5.41) is 1.82. The van der Waals surface area contributed by atoms with Crippen molar-refractivity contribution in [3.05, 3.63) is 19.9 Å². The van der Waals surface area contributed by atoms with Crippen LogP contribution in [0.1, 0.15) is 23.2 Å². The summed E-state index contributed by atoms with van der Waals surface area (Å²) >= 11 is 3.70. The van der Waals surface area contributed by atoms with Gasteiger partial charge in [-0.2, -0.15) is 0 Å². The number of nitrogens with zero attached hydrogens (tertiary/aromatic N) is 1. The van der Waals surface area contributed by atoms with Crippen LogP contribution in [0, 0.1) is 2.88 Å². The Labute approximate surface area is 111 Å². The van der Waals surface area contributed by atoms with E-state index in [1.54, 1.807) is 4.90 Å². The van der Waals surface area contributed by atoms with Crippen LogP contribution in [0.25, 0.3) is 0 Å². The van der Waals surface area contributed by atoms with E-state index in [4.69, 9.17) is 5.73 Å². The van der Waals surface area contributed by atoms with Crippen LogP contribution in [0.5, 0.6) is 0 Å². The second-order valence-corrected chi connectivity index (χ2v) is 6.50. The van der Waals surface area contributed by atoms with Gasteiger partial charge in [-0.1, -0.05) is 0 Å². The van der Waals surface area contributed by atoms with Crippen molar-refractivity contribution < 1.29 is 9.59 Å². The average molecular weight is 350 g/mol. The molecule has 1 unspecified atom stereocenters. The second-order valence-electron chi connectivity index (χ2n) is 3.70. The summed E-state index contributed by atoms with van der Waals surface area (Å²) in [6.07, 6.45) is 1.53. The van der Waals surface area contributed by atoms with Gasteiger partial charge in [-0.05, 0) is 41.5 Å². The summed E-state index contributed by atoms with van der Waals surface area (Å²) in [5.41, 5.74) is 5.93. The normalized spacial score (nSPS) is 20.1. The minimum Gasteiger partial charge on any atom is -0.368 e. The van der Waals surface area contributed by atoms with E-state index >= 15 is 0 Å². The third kappa shape index (κ3) is 2.22. The van der Waals surface area contributed by atoms with Crippen LogP contribution in [0.3, 0.4) is 0 Å². The first-order valence-electron chi connectivity index (χ1n) is 4.94. The van der Waals surface area contributed by atoms with Gasteiger partial charge in [0.05, 0.1) is 8.45 Å². The molecule has 1 aliphatic rings. The van der Waals surface area contributed by atoms with E-state index in [0.717, 1.165) is 9.30 Å². The number of rotatable bonds is 2. The molecule has 16 heavy (non-hydrogen) atoms. The van der Waals surface area contributed by atoms with Gasteiger partial charge in [0.2, 0.25) is 5.91 Å². The third-order valence-electron chi connectivity index (χ3n) is 2.66. The molecule has 86 valence electrons. The van der Waals surface area contributed by atoms with Crippen molar-refractivity contribution in [2.24, 2.45) is 5.73 Å². The Morgan fingerprint density at radius 1 is 1.56 bits per heavy atom. The number of carbonyl (C=O) groups excluding carboxylic acids is 2. The summed E-state index contributed by atoms with van der Waals surface area (Å²) in [7, 11) is 0. The zero-order valence-electron chi connectivity index (χ0n) is 8.48. The molecule has 1 fully saturated rings. The Kier molecular flexibility index (Phi) is 3.48. The number of nitrogens with two attached hydrogens (primary N) is 1. The Morgan fingerprint density at radius 2 is 2.31 bits per heavy atom. The summed E-state index contributed by atoms with van der Waals surface area (Å²) < 4.78 is 1.07. The van der Waals surface area contributed by atoms with E-state index in [0.29, 0.717) is 18.5 Å². The molecule has 6 heteroatoms. The standard InChI is InChI=1S/C10H11IN2O2S/c11-8-4-6(5-16-8)10(15)13-3-1-2-7(13)9(12)14/h4-5,7H,1-3H2,(H2,12,14). The highest BCUT2D eigenvalue weighted by Gasteiger charge is 2.33. The second kappa shape index (κ2) is 4.70. The van der Waals surface area contributed by atoms with Crippen LogP contribution < -0.4 is 5.73 Å². The lowest BCUT2D eigenvalue weighted by Crippen LogP contribution is -2.43. The van der Waals surface area contributed by atoms with Crippen LogP contribution >= 0.6 is 33.9 Å². The number of thiophene rings is 1. The van der Waals surface area contributed by atoms with Crippen molar-refractivity contribution in [3.63, 3.8) is 0 Å². The van der Waals surface area contributed by atoms with Gasteiger partial charge < -0.3 is 10.6 Å². The lowest BCUT2D eigenvalue weighted by Gasteiger charge is -2.21. The van der Waals surface area contributed by atoms with Crippen LogP contribution in [-0.2, 0) is 4.79 Å². The lowest BCUT2D eigenvalue weighted by molar-refractivity contribution is -0.121. The molecule has 2 heterocycles. The van der Waals surface area contributed by atoms with E-state index in [-0.39, 0.29) is 5.91 Å². The fraction of sp³-hybridized carbons (Fsp3) is 0.400. The van der Waals surface area contributed by atoms with E-state index in [9.17, 15) is 9.59 Å². The first-order chi connectivity index (χ1) is 7.59. The van der Waals surface area contributed by atoms with Gasteiger partial charge in [-0.3, -0.25) is 9.59 Å². The van der Waals surface area contributed by atoms with Gasteiger partial charge in [-0.25, -0.2) is 0 Å². The third-order valence-corrected chi connectivity index (χ3v) is 4.45. The highest BCUT2D eigenvalue weighted by atomic mass is 127. The molecular formula is C10H11IN2O2S. The topological polar surface area (TPSA) is 63.4 Å². The largest absolute Gasteiger partial charge is 0.368 e. The number of likely N-dealkylation sites (tertiary alicyclic amines) is 1. The van der Waals surface area contributed by atoms with E-state index < -0.39 is 11.9 Å². The molecular weight excluding hydrogens is 339 g/mol. The monoisotopic (exact) mass is 350 g/mol. The van der Waals surface area contributed by atoms with E-state index in [2.05, 4.69) is 22.6 Å². The van der Waals surface area contributed by atoms with Gasteiger partial charge in [0.25, 0.3) is 5.91 Å². The highest BCUT2D eigenvalue weighted by molar-refractivity contribution is 14.1. The Morgan fingerprint density at radius 3 is 2.88 bits per heavy atom. The molecule has 1 atom stereocenters. The molecule has 1 aliphatic heterocycles. The highest BCUT2D eigenvalue weighted by Crippen LogP contribution is 2.23. The fourth-order valence-corrected chi connectivity index (χ4v) is 3.21. The Bertz CT molecular complexity index is 432. The molecule has 1 aromatic heterocycles. The zero-order valence-corrected chi connectivity index (χ0v) is 11.5. The van der Waals surface area contributed by atoms with Gasteiger partial charge in [0.1, 0.15) is 6.04 Å². The molecule has 2 N–H and O–H groups in total. The first kappa shape index (κ1) is 11.8. The van der Waals surface area contributed by atoms with Gasteiger partial charge in [0, 0.05) is 11.9 Å². The number of primary amides is 1. The van der Waals surface area contributed by atoms with Crippen LogP contribution in [0.2, 0.25) is 0 Å². The molecule has 1 aromatic rings. The van der Waals surface area contributed by atoms with Gasteiger partial charge in [0.15, 0.2) is 0 Å². The molecule has 0 spiro atoms. The van der Waals surface area contributed by atoms with Crippen molar-refractivity contribution in [1.82, 2.24) is 4.90 Å². The molecule has 0 aliphatic carbocycles. The molecule has 2 rings (SSSR count). The maximum atomic E-state index is 12.1. The van der Waals surface area contributed by atoms with Crippen LogP contribution in [0.4, 0.5) is 0 Å². The SMILES string of the molecule is NC(=O)C1CCCN1C(=O)c1csc(I)c1. The Hall–Kier alpha value is -0.630. The van der Waals surface area contributed by atoms with Crippen LogP contribution in [0.15, 0.2) is 11.4 Å². The van der Waals surface area contributed by atoms with Gasteiger partial charge >= 0.3 is 0 Å². The molecule has 0 bridgehead atoms. The summed E-state index contributed by atoms with van der Waals surface area (Å²) in [5.74, 6) is -0.490. The molecule has 0 radical (unpaired) electrons. The number of carbonyl (C=O) groups is 2. The maximum absolute atomic E-state index is 12.1. The molecule has 4 nitrogen and oxygen atoms in total. The van der Waals surface area contributed by atoms with Crippen molar-refractivity contribution >= 4 is 45.7 Å². The van der Waals surface area contributed by atoms with E-state index in [1.807, 2.05) is 11.4 Å². The van der Waals surface area contributed by atoms with Gasteiger partial charge in [-0.15, -0.1) is 11.3 Å². The molecule has 0 saturated carbocycles. The molecule has 1 saturated heterocycles. The summed E-state index contributed by atoms with van der Waals surface area (Å²) in [6, 6.07) is 1.41. The van der Waals surface area contributed by atoms with Crippen molar-refractivity contribution in [1.29, 1.82) is 0 Å². The summed E-state index contributed by atoms with van der Waals surface area (Å²) in [4.78, 5) is 24.9. The fourth-order valence-electron chi connectivity index (χ4n) is 1.89. The number of amides is 2. The molecule has 2 amide bonds. The lowest BCUT2D eigenvalue weighted by atomic mass is 10.2. The maximum Gasteiger partial charge on any atom is 0.255 e. The zero-order chi connectivity index (χ0) is 11.7. The first-order valence-corrected chi connectivity index (χ1v) is 6.90. The quantitative estimate of drug-likeness (QED) is 0.821. The number of hydrogen-bond donors (Lipinski definition) is 1. The predicted molar refractivity (Wildman–Crippen MR) is 70.3 cm³/mol. The minimum atomic E-state index is -0.426. The smallest absolute Gasteiger partial charge is 0.255 e. The van der Waals surface area contributed by atoms with E-state index in [1.165, 1.54) is 11.3 Å². The minimum absolute atomic E-state index is 0.0829. The van der Waals surface area contributed by atoms with Crippen LogP contribution in [-0.4, -0.2) is 29.3 Å². The Balaban J connectivity index is 2.18. The average Bonchev–Trinajstić information content (AvgIpc) is 2.84. The summed E-state index contributed by atoms with van der Waals surface area (Å²) in [6.45, 7) is 0.624. The van der Waals surface area contributed by atoms with Crippen molar-refractivity contribution in [3.8, 4) is 0 Å². The predicted octanol–water partition coefficient (Wildman–Crippen LogP) is 1.44. The number of hydrogen-bond acceptors (Lipinski definition) is 3. The molecule has 0 aromatic carbocycles.